The van der Waals surface area contributed by atoms with Crippen LogP contribution in [0, 0.1) is 0 Å². The number of nitrogens with zero attached hydrogens (tertiary/aromatic N) is 1. The lowest BCUT2D eigenvalue weighted by Gasteiger charge is -2.36. The number of hydrogen-bond acceptors (Lipinski definition) is 2. The van der Waals surface area contributed by atoms with Crippen LogP contribution in [-0.2, 0) is 6.54 Å². The van der Waals surface area contributed by atoms with Crippen molar-refractivity contribution in [3.8, 4) is 0 Å². The van der Waals surface area contributed by atoms with Crippen LogP contribution < -0.4 is 5.32 Å². The minimum absolute atomic E-state index is 0.0980. The van der Waals surface area contributed by atoms with Gasteiger partial charge in [-0.05, 0) is 19.4 Å². The first-order valence-electron chi connectivity index (χ1n) is 6.40. The molecule has 1 aromatic rings. The average molecular weight is 254 g/mol. The van der Waals surface area contributed by atoms with Crippen LogP contribution in [-0.4, -0.2) is 30.1 Å². The van der Waals surface area contributed by atoms with Gasteiger partial charge in [-0.1, -0.05) is 24.3 Å². The van der Waals surface area contributed by atoms with Gasteiger partial charge in [0.25, 0.3) is 6.43 Å². The Morgan fingerprint density at radius 2 is 1.72 bits per heavy atom. The maximum absolute atomic E-state index is 12.4. The fraction of sp³-hybridized carbons (Fsp3) is 0.571. The Morgan fingerprint density at radius 1 is 1.17 bits per heavy atom. The molecule has 1 saturated heterocycles. The van der Waals surface area contributed by atoms with Gasteiger partial charge in [0, 0.05) is 37.3 Å². The van der Waals surface area contributed by atoms with E-state index in [0.717, 1.165) is 25.2 Å². The van der Waals surface area contributed by atoms with E-state index in [-0.39, 0.29) is 5.56 Å². The van der Waals surface area contributed by atoms with E-state index in [4.69, 9.17) is 0 Å². The van der Waals surface area contributed by atoms with Crippen molar-refractivity contribution >= 4 is 0 Å². The molecule has 2 unspecified atom stereocenters. The molecular weight excluding hydrogens is 234 g/mol. The molecule has 2 nitrogen and oxygen atoms in total. The first kappa shape index (κ1) is 13.4. The second-order valence-corrected chi connectivity index (χ2v) is 5.21. The zero-order chi connectivity index (χ0) is 13.1. The predicted octanol–water partition coefficient (Wildman–Crippen LogP) is 2.81. The molecule has 1 aliphatic rings. The normalized spacial score (nSPS) is 25.6. The summed E-state index contributed by atoms with van der Waals surface area (Å²) in [5.74, 6) is 0. The quantitative estimate of drug-likeness (QED) is 0.892. The fourth-order valence-corrected chi connectivity index (χ4v) is 2.60. The van der Waals surface area contributed by atoms with Crippen LogP contribution in [0.1, 0.15) is 31.4 Å². The van der Waals surface area contributed by atoms with E-state index in [9.17, 15) is 8.78 Å². The van der Waals surface area contributed by atoms with Crippen molar-refractivity contribution in [1.82, 2.24) is 10.2 Å². The average Bonchev–Trinajstić information content (AvgIpc) is 2.28. The van der Waals surface area contributed by atoms with Crippen molar-refractivity contribution < 1.29 is 8.78 Å². The highest BCUT2D eigenvalue weighted by atomic mass is 19.3. The molecule has 0 radical (unpaired) electrons. The Morgan fingerprint density at radius 3 is 2.22 bits per heavy atom. The van der Waals surface area contributed by atoms with Crippen molar-refractivity contribution in [1.29, 1.82) is 0 Å². The molecular formula is C14H20F2N2. The Bertz CT molecular complexity index is 368. The molecule has 1 aromatic carbocycles. The smallest absolute Gasteiger partial charge is 0.263 e. The minimum atomic E-state index is -2.38. The molecule has 0 aromatic heterocycles. The third-order valence-electron chi connectivity index (χ3n) is 3.27. The van der Waals surface area contributed by atoms with E-state index in [1.54, 1.807) is 12.1 Å². The maximum atomic E-state index is 12.4. The molecule has 18 heavy (non-hydrogen) atoms. The van der Waals surface area contributed by atoms with Gasteiger partial charge in [-0.15, -0.1) is 0 Å². The van der Waals surface area contributed by atoms with Crippen molar-refractivity contribution in [2.45, 2.75) is 38.9 Å². The zero-order valence-electron chi connectivity index (χ0n) is 10.9. The van der Waals surface area contributed by atoms with Gasteiger partial charge in [0.15, 0.2) is 0 Å². The third kappa shape index (κ3) is 3.50. The van der Waals surface area contributed by atoms with E-state index in [0.29, 0.717) is 12.1 Å². The lowest BCUT2D eigenvalue weighted by Crippen LogP contribution is -2.53. The summed E-state index contributed by atoms with van der Waals surface area (Å²) < 4.78 is 24.9. The van der Waals surface area contributed by atoms with Gasteiger partial charge in [0.1, 0.15) is 0 Å². The first-order chi connectivity index (χ1) is 8.54. The van der Waals surface area contributed by atoms with Gasteiger partial charge in [-0.25, -0.2) is 8.78 Å². The summed E-state index contributed by atoms with van der Waals surface area (Å²) in [5, 5.41) is 3.48. The summed E-state index contributed by atoms with van der Waals surface area (Å²) >= 11 is 0. The number of hydrogen-bond donors (Lipinski definition) is 1. The van der Waals surface area contributed by atoms with Crippen LogP contribution in [0.3, 0.4) is 0 Å². The second kappa shape index (κ2) is 5.76. The number of nitrogens with one attached hydrogen (secondary N) is 1. The van der Waals surface area contributed by atoms with Crippen molar-refractivity contribution in [3.05, 3.63) is 35.4 Å². The summed E-state index contributed by atoms with van der Waals surface area (Å²) in [4.78, 5) is 2.36. The molecule has 2 rings (SSSR count). The molecule has 1 aliphatic heterocycles. The lowest BCUT2D eigenvalue weighted by atomic mass is 10.1. The van der Waals surface area contributed by atoms with Gasteiger partial charge < -0.3 is 5.32 Å². The van der Waals surface area contributed by atoms with E-state index in [1.165, 1.54) is 12.1 Å². The zero-order valence-corrected chi connectivity index (χ0v) is 10.9. The number of rotatable bonds is 3. The van der Waals surface area contributed by atoms with Gasteiger partial charge >= 0.3 is 0 Å². The Kier molecular flexibility index (Phi) is 4.30. The van der Waals surface area contributed by atoms with Gasteiger partial charge in [0.2, 0.25) is 0 Å². The van der Waals surface area contributed by atoms with Crippen LogP contribution in [0.15, 0.2) is 24.3 Å². The summed E-state index contributed by atoms with van der Waals surface area (Å²) in [7, 11) is 0. The standard InChI is InChI=1S/C14H20F2N2/c1-10-7-18(8-11(2)17-10)9-12-3-5-13(6-4-12)14(15)16/h3-6,10-11,14,17H,7-9H2,1-2H3. The SMILES string of the molecule is CC1CN(Cc2ccc(C(F)F)cc2)CC(C)N1. The topological polar surface area (TPSA) is 15.3 Å². The molecule has 0 saturated carbocycles. The van der Waals surface area contributed by atoms with Crippen LogP contribution in [0.2, 0.25) is 0 Å². The number of alkyl halides is 2. The van der Waals surface area contributed by atoms with Crippen LogP contribution in [0.5, 0.6) is 0 Å². The van der Waals surface area contributed by atoms with Gasteiger partial charge in [-0.2, -0.15) is 0 Å². The predicted molar refractivity (Wildman–Crippen MR) is 68.7 cm³/mol. The molecule has 0 spiro atoms. The van der Waals surface area contributed by atoms with Crippen molar-refractivity contribution in [2.24, 2.45) is 0 Å². The van der Waals surface area contributed by atoms with Crippen LogP contribution >= 0.6 is 0 Å². The highest BCUT2D eigenvalue weighted by Crippen LogP contribution is 2.19. The van der Waals surface area contributed by atoms with E-state index in [1.807, 2.05) is 0 Å². The highest BCUT2D eigenvalue weighted by molar-refractivity contribution is 5.23. The summed E-state index contributed by atoms with van der Waals surface area (Å²) in [6.45, 7) is 7.17. The van der Waals surface area contributed by atoms with Gasteiger partial charge in [0.05, 0.1) is 0 Å². The molecule has 100 valence electrons. The maximum Gasteiger partial charge on any atom is 0.263 e. The van der Waals surface area contributed by atoms with Crippen molar-refractivity contribution in [3.63, 3.8) is 0 Å². The van der Waals surface area contributed by atoms with Gasteiger partial charge in [-0.3, -0.25) is 4.90 Å². The van der Waals surface area contributed by atoms with E-state index >= 15 is 0 Å². The minimum Gasteiger partial charge on any atom is -0.309 e. The first-order valence-corrected chi connectivity index (χ1v) is 6.40. The summed E-state index contributed by atoms with van der Waals surface area (Å²) in [6, 6.07) is 7.62. The Balaban J connectivity index is 1.96. The van der Waals surface area contributed by atoms with Crippen LogP contribution in [0.25, 0.3) is 0 Å². The summed E-state index contributed by atoms with van der Waals surface area (Å²) in [5.41, 5.74) is 1.20. The molecule has 1 N–H and O–H groups in total. The number of piperazine rings is 1. The summed E-state index contributed by atoms with van der Waals surface area (Å²) in [6.07, 6.45) is -2.38. The Hall–Kier alpha value is -1.00. The second-order valence-electron chi connectivity index (χ2n) is 5.21. The molecule has 1 fully saturated rings. The number of benzene rings is 1. The van der Waals surface area contributed by atoms with Crippen molar-refractivity contribution in [2.75, 3.05) is 13.1 Å². The molecule has 0 amide bonds. The molecule has 1 heterocycles. The third-order valence-corrected chi connectivity index (χ3v) is 3.27. The number of halogens is 2. The molecule has 2 atom stereocenters. The fourth-order valence-electron chi connectivity index (χ4n) is 2.60. The Labute approximate surface area is 107 Å². The highest BCUT2D eigenvalue weighted by Gasteiger charge is 2.20. The monoisotopic (exact) mass is 254 g/mol. The van der Waals surface area contributed by atoms with E-state index < -0.39 is 6.43 Å². The largest absolute Gasteiger partial charge is 0.309 e. The van der Waals surface area contributed by atoms with E-state index in [2.05, 4.69) is 24.1 Å². The molecule has 4 heteroatoms. The lowest BCUT2D eigenvalue weighted by molar-refractivity contribution is 0.151. The molecule has 0 bridgehead atoms. The van der Waals surface area contributed by atoms with Crippen LogP contribution in [0.4, 0.5) is 8.78 Å². The molecule has 0 aliphatic carbocycles.